The lowest BCUT2D eigenvalue weighted by Gasteiger charge is -2.26. The Labute approximate surface area is 183 Å². The predicted molar refractivity (Wildman–Crippen MR) is 126 cm³/mol. The highest BCUT2D eigenvalue weighted by molar-refractivity contribution is 7.89. The summed E-state index contributed by atoms with van der Waals surface area (Å²) in [6, 6.07) is 31.7. The van der Waals surface area contributed by atoms with Crippen LogP contribution in [0.5, 0.6) is 0 Å². The van der Waals surface area contributed by atoms with Crippen molar-refractivity contribution in [3.63, 3.8) is 0 Å². The average molecular weight is 429 g/mol. The van der Waals surface area contributed by atoms with Crippen LogP contribution in [0.25, 0.3) is 10.8 Å². The molecule has 0 aliphatic carbocycles. The summed E-state index contributed by atoms with van der Waals surface area (Å²) in [5, 5.41) is 2.34. The number of rotatable bonds is 4. The van der Waals surface area contributed by atoms with Crippen LogP contribution < -0.4 is 4.90 Å². The van der Waals surface area contributed by atoms with Gasteiger partial charge in [-0.15, -0.1) is 0 Å². The van der Waals surface area contributed by atoms with Crippen LogP contribution in [0.15, 0.2) is 102 Å². The molecule has 4 nitrogen and oxygen atoms in total. The van der Waals surface area contributed by atoms with E-state index in [1.807, 2.05) is 61.5 Å². The average Bonchev–Trinajstić information content (AvgIpc) is 3.26. The van der Waals surface area contributed by atoms with E-state index in [-0.39, 0.29) is 6.04 Å². The Hall–Kier alpha value is -3.15. The Kier molecular flexibility index (Phi) is 5.00. The van der Waals surface area contributed by atoms with Gasteiger partial charge in [-0.1, -0.05) is 72.3 Å². The SMILES string of the molecule is Cc1ccc(S(=O)(=O)N2CC(c3ccc4ccccc4c3)N(c3ccccc3)C2)cc1. The van der Waals surface area contributed by atoms with Crippen molar-refractivity contribution in [2.45, 2.75) is 17.9 Å². The zero-order chi connectivity index (χ0) is 21.4. The molecule has 5 heteroatoms. The van der Waals surface area contributed by atoms with Crippen molar-refractivity contribution in [1.29, 1.82) is 0 Å². The maximum atomic E-state index is 13.4. The molecule has 1 aliphatic heterocycles. The minimum absolute atomic E-state index is 0.0628. The molecule has 0 radical (unpaired) electrons. The number of nitrogens with zero attached hydrogens (tertiary/aromatic N) is 2. The van der Waals surface area contributed by atoms with Crippen molar-refractivity contribution >= 4 is 26.5 Å². The number of fused-ring (bicyclic) bond motifs is 1. The van der Waals surface area contributed by atoms with Crippen molar-refractivity contribution in [1.82, 2.24) is 4.31 Å². The molecule has 0 spiro atoms. The van der Waals surface area contributed by atoms with Crippen LogP contribution >= 0.6 is 0 Å². The molecule has 1 fully saturated rings. The smallest absolute Gasteiger partial charge is 0.244 e. The highest BCUT2D eigenvalue weighted by Crippen LogP contribution is 2.36. The molecular formula is C26H24N2O2S. The lowest BCUT2D eigenvalue weighted by molar-refractivity contribution is 0.473. The maximum absolute atomic E-state index is 13.4. The largest absolute Gasteiger partial charge is 0.349 e. The van der Waals surface area contributed by atoms with Crippen molar-refractivity contribution in [2.75, 3.05) is 18.1 Å². The molecule has 0 saturated carbocycles. The van der Waals surface area contributed by atoms with Crippen molar-refractivity contribution in [3.05, 3.63) is 108 Å². The highest BCUT2D eigenvalue weighted by atomic mass is 32.2. The van der Waals surface area contributed by atoms with Gasteiger partial charge >= 0.3 is 0 Å². The van der Waals surface area contributed by atoms with Crippen LogP contribution in [0.2, 0.25) is 0 Å². The van der Waals surface area contributed by atoms with Gasteiger partial charge in [-0.2, -0.15) is 4.31 Å². The van der Waals surface area contributed by atoms with E-state index >= 15 is 0 Å². The van der Waals surface area contributed by atoms with E-state index in [0.717, 1.165) is 22.2 Å². The van der Waals surface area contributed by atoms with Crippen LogP contribution in [0.3, 0.4) is 0 Å². The first-order valence-corrected chi connectivity index (χ1v) is 11.8. The summed E-state index contributed by atoms with van der Waals surface area (Å²) in [7, 11) is -3.59. The van der Waals surface area contributed by atoms with Gasteiger partial charge in [0, 0.05) is 12.2 Å². The van der Waals surface area contributed by atoms with E-state index in [1.54, 1.807) is 16.4 Å². The van der Waals surface area contributed by atoms with Crippen molar-refractivity contribution in [2.24, 2.45) is 0 Å². The molecule has 4 aromatic carbocycles. The summed E-state index contributed by atoms with van der Waals surface area (Å²) in [5.41, 5.74) is 3.17. The monoisotopic (exact) mass is 428 g/mol. The fourth-order valence-electron chi connectivity index (χ4n) is 4.23. The number of para-hydroxylation sites is 1. The number of sulfonamides is 1. The third kappa shape index (κ3) is 3.71. The van der Waals surface area contributed by atoms with E-state index in [4.69, 9.17) is 0 Å². The lowest BCUT2D eigenvalue weighted by Crippen LogP contribution is -2.31. The topological polar surface area (TPSA) is 40.6 Å². The summed E-state index contributed by atoms with van der Waals surface area (Å²) >= 11 is 0. The van der Waals surface area contributed by atoms with E-state index in [2.05, 4.69) is 35.2 Å². The van der Waals surface area contributed by atoms with Crippen molar-refractivity contribution < 1.29 is 8.42 Å². The first-order chi connectivity index (χ1) is 15.0. The Morgan fingerprint density at radius 3 is 2.19 bits per heavy atom. The molecule has 1 atom stereocenters. The molecule has 1 saturated heterocycles. The van der Waals surface area contributed by atoms with E-state index in [9.17, 15) is 8.42 Å². The van der Waals surface area contributed by atoms with Crippen LogP contribution in [0.4, 0.5) is 5.69 Å². The molecule has 4 aromatic rings. The van der Waals surface area contributed by atoms with Gasteiger partial charge in [0.1, 0.15) is 0 Å². The molecule has 156 valence electrons. The van der Waals surface area contributed by atoms with Crippen LogP contribution in [0.1, 0.15) is 17.2 Å². The van der Waals surface area contributed by atoms with Gasteiger partial charge in [0.25, 0.3) is 0 Å². The van der Waals surface area contributed by atoms with Crippen LogP contribution in [-0.2, 0) is 10.0 Å². The molecule has 1 aliphatic rings. The third-order valence-electron chi connectivity index (χ3n) is 5.97. The van der Waals surface area contributed by atoms with Gasteiger partial charge < -0.3 is 4.90 Å². The third-order valence-corrected chi connectivity index (χ3v) is 7.78. The van der Waals surface area contributed by atoms with Gasteiger partial charge in [-0.3, -0.25) is 0 Å². The molecule has 0 bridgehead atoms. The zero-order valence-electron chi connectivity index (χ0n) is 17.3. The molecule has 31 heavy (non-hydrogen) atoms. The molecule has 0 N–H and O–H groups in total. The quantitative estimate of drug-likeness (QED) is 0.439. The Morgan fingerprint density at radius 1 is 0.774 bits per heavy atom. The summed E-state index contributed by atoms with van der Waals surface area (Å²) in [5.74, 6) is 0. The maximum Gasteiger partial charge on any atom is 0.244 e. The fourth-order valence-corrected chi connectivity index (χ4v) is 5.62. The molecule has 1 heterocycles. The second kappa shape index (κ2) is 7.84. The van der Waals surface area contributed by atoms with Gasteiger partial charge in [0.15, 0.2) is 0 Å². The number of anilines is 1. The normalized spacial score (nSPS) is 17.3. The van der Waals surface area contributed by atoms with Crippen LogP contribution in [0, 0.1) is 6.92 Å². The van der Waals surface area contributed by atoms with Gasteiger partial charge in [-0.05, 0) is 53.6 Å². The van der Waals surface area contributed by atoms with Crippen molar-refractivity contribution in [3.8, 4) is 0 Å². The highest BCUT2D eigenvalue weighted by Gasteiger charge is 2.38. The second-order valence-corrected chi connectivity index (χ2v) is 9.96. The Balaban J connectivity index is 1.55. The van der Waals surface area contributed by atoms with Crippen LogP contribution in [-0.4, -0.2) is 25.9 Å². The van der Waals surface area contributed by atoms with E-state index in [0.29, 0.717) is 18.1 Å². The first-order valence-electron chi connectivity index (χ1n) is 10.4. The summed E-state index contributed by atoms with van der Waals surface area (Å²) in [4.78, 5) is 2.51. The second-order valence-electron chi connectivity index (χ2n) is 8.02. The molecule has 0 amide bonds. The Morgan fingerprint density at radius 2 is 1.45 bits per heavy atom. The van der Waals surface area contributed by atoms with Gasteiger partial charge in [0.2, 0.25) is 10.0 Å². The van der Waals surface area contributed by atoms with E-state index < -0.39 is 10.0 Å². The summed E-state index contributed by atoms with van der Waals surface area (Å²) in [6.45, 7) is 2.68. The minimum Gasteiger partial charge on any atom is -0.349 e. The predicted octanol–water partition coefficient (Wildman–Crippen LogP) is 5.36. The minimum atomic E-state index is -3.59. The van der Waals surface area contributed by atoms with Gasteiger partial charge in [0.05, 0.1) is 17.6 Å². The van der Waals surface area contributed by atoms with E-state index in [1.165, 1.54) is 5.39 Å². The molecule has 1 unspecified atom stereocenters. The summed E-state index contributed by atoms with van der Waals surface area (Å²) < 4.78 is 28.4. The number of hydrogen-bond donors (Lipinski definition) is 0. The number of hydrogen-bond acceptors (Lipinski definition) is 3. The fraction of sp³-hybridized carbons (Fsp3) is 0.154. The Bertz CT molecular complexity index is 1320. The summed E-state index contributed by atoms with van der Waals surface area (Å²) in [6.07, 6.45) is 0. The lowest BCUT2D eigenvalue weighted by atomic mass is 10.0. The number of aryl methyl sites for hydroxylation is 1. The molecular weight excluding hydrogens is 404 g/mol. The molecule has 5 rings (SSSR count). The number of benzene rings is 4. The van der Waals surface area contributed by atoms with Gasteiger partial charge in [-0.25, -0.2) is 8.42 Å². The molecule has 0 aromatic heterocycles. The standard InChI is InChI=1S/C26H24N2O2S/c1-20-11-15-25(16-12-20)31(29,30)27-18-26(28(19-27)24-9-3-2-4-10-24)23-14-13-21-7-5-6-8-22(21)17-23/h2-17,26H,18-19H2,1H3. The zero-order valence-corrected chi connectivity index (χ0v) is 18.2. The first kappa shape index (κ1) is 19.8.